The van der Waals surface area contributed by atoms with Crippen LogP contribution in [-0.4, -0.2) is 21.8 Å². The van der Waals surface area contributed by atoms with Gasteiger partial charge >= 0.3 is 0 Å². The van der Waals surface area contributed by atoms with E-state index in [1.54, 1.807) is 24.3 Å². The van der Waals surface area contributed by atoms with Gasteiger partial charge in [-0.05, 0) is 17.7 Å². The Morgan fingerprint density at radius 1 is 1.32 bits per heavy atom. The van der Waals surface area contributed by atoms with Crippen molar-refractivity contribution >= 4 is 12.1 Å². The predicted octanol–water partition coefficient (Wildman–Crippen LogP) is 1.21. The van der Waals surface area contributed by atoms with E-state index in [2.05, 4.69) is 10.5 Å². The van der Waals surface area contributed by atoms with Gasteiger partial charge in [0.15, 0.2) is 6.10 Å². The number of aryl methyl sites for hydroxylation is 1. The third-order valence-electron chi connectivity index (χ3n) is 2.72. The molecule has 5 heteroatoms. The lowest BCUT2D eigenvalue weighted by Gasteiger charge is -2.08. The molecule has 2 aromatic rings. The van der Waals surface area contributed by atoms with Crippen molar-refractivity contribution in [3.05, 3.63) is 59.9 Å². The molecular formula is C14H15N3O2. The molecule has 2 rings (SSSR count). The van der Waals surface area contributed by atoms with Crippen molar-refractivity contribution < 1.29 is 9.90 Å². The summed E-state index contributed by atoms with van der Waals surface area (Å²) in [5.41, 5.74) is 3.71. The van der Waals surface area contributed by atoms with Crippen molar-refractivity contribution in [2.75, 3.05) is 0 Å². The van der Waals surface area contributed by atoms with E-state index in [0.717, 1.165) is 5.69 Å². The number of carbonyl (C=O) groups is 1. The van der Waals surface area contributed by atoms with Gasteiger partial charge in [0, 0.05) is 13.2 Å². The van der Waals surface area contributed by atoms with Crippen molar-refractivity contribution in [2.24, 2.45) is 12.1 Å². The van der Waals surface area contributed by atoms with Crippen LogP contribution >= 0.6 is 0 Å². The first-order valence-electron chi connectivity index (χ1n) is 5.86. The summed E-state index contributed by atoms with van der Waals surface area (Å²) < 4.78 is 1.86. The highest BCUT2D eigenvalue weighted by Gasteiger charge is 2.15. The lowest BCUT2D eigenvalue weighted by Crippen LogP contribution is -2.25. The first kappa shape index (κ1) is 13.0. The number of hydrazone groups is 1. The molecule has 0 radical (unpaired) electrons. The normalized spacial score (nSPS) is 12.5. The lowest BCUT2D eigenvalue weighted by atomic mass is 10.1. The minimum absolute atomic E-state index is 0.536. The first-order chi connectivity index (χ1) is 9.18. The SMILES string of the molecule is Cn1cccc1/C=N\NC(=O)[C@H](O)c1ccccc1. The summed E-state index contributed by atoms with van der Waals surface area (Å²) in [6.45, 7) is 0. The molecule has 1 aromatic carbocycles. The second-order valence-electron chi connectivity index (χ2n) is 4.09. The van der Waals surface area contributed by atoms with Gasteiger partial charge in [0.1, 0.15) is 0 Å². The second-order valence-corrected chi connectivity index (χ2v) is 4.09. The van der Waals surface area contributed by atoms with Crippen LogP contribution in [0.2, 0.25) is 0 Å². The molecule has 0 spiro atoms. The Morgan fingerprint density at radius 3 is 2.68 bits per heavy atom. The fraction of sp³-hybridized carbons (Fsp3) is 0.143. The van der Waals surface area contributed by atoms with Crippen molar-refractivity contribution in [1.29, 1.82) is 0 Å². The Hall–Kier alpha value is -2.40. The van der Waals surface area contributed by atoms with E-state index in [-0.39, 0.29) is 0 Å². The van der Waals surface area contributed by atoms with Crippen LogP contribution in [0.4, 0.5) is 0 Å². The van der Waals surface area contributed by atoms with Crippen LogP contribution in [0.25, 0.3) is 0 Å². The highest BCUT2D eigenvalue weighted by molar-refractivity contribution is 5.84. The van der Waals surface area contributed by atoms with Gasteiger partial charge in [0.2, 0.25) is 0 Å². The Labute approximate surface area is 111 Å². The monoisotopic (exact) mass is 257 g/mol. The molecule has 0 saturated heterocycles. The van der Waals surface area contributed by atoms with E-state index < -0.39 is 12.0 Å². The number of aromatic nitrogens is 1. The maximum Gasteiger partial charge on any atom is 0.273 e. The van der Waals surface area contributed by atoms with E-state index in [1.807, 2.05) is 36.0 Å². The van der Waals surface area contributed by atoms with Crippen LogP contribution in [0.5, 0.6) is 0 Å². The maximum atomic E-state index is 11.7. The van der Waals surface area contributed by atoms with E-state index in [9.17, 15) is 9.90 Å². The zero-order chi connectivity index (χ0) is 13.7. The summed E-state index contributed by atoms with van der Waals surface area (Å²) in [7, 11) is 1.88. The fourth-order valence-electron chi connectivity index (χ4n) is 1.62. The Bertz CT molecular complexity index is 575. The molecule has 5 nitrogen and oxygen atoms in total. The van der Waals surface area contributed by atoms with Gasteiger partial charge in [-0.25, -0.2) is 5.43 Å². The third kappa shape index (κ3) is 3.29. The number of amides is 1. The van der Waals surface area contributed by atoms with E-state index in [1.165, 1.54) is 6.21 Å². The van der Waals surface area contributed by atoms with Gasteiger partial charge in [-0.15, -0.1) is 0 Å². The van der Waals surface area contributed by atoms with E-state index in [0.29, 0.717) is 5.56 Å². The van der Waals surface area contributed by atoms with Crippen LogP contribution in [0.1, 0.15) is 17.4 Å². The van der Waals surface area contributed by atoms with Gasteiger partial charge in [-0.1, -0.05) is 30.3 Å². The molecule has 1 aromatic heterocycles. The number of nitrogens with zero attached hydrogens (tertiary/aromatic N) is 2. The molecular weight excluding hydrogens is 242 g/mol. The topological polar surface area (TPSA) is 66.6 Å². The number of benzene rings is 1. The molecule has 0 saturated carbocycles. The molecule has 98 valence electrons. The quantitative estimate of drug-likeness (QED) is 0.638. The minimum Gasteiger partial charge on any atom is -0.378 e. The van der Waals surface area contributed by atoms with Gasteiger partial charge < -0.3 is 9.67 Å². The van der Waals surface area contributed by atoms with Crippen LogP contribution in [0.15, 0.2) is 53.8 Å². The number of carbonyl (C=O) groups excluding carboxylic acids is 1. The maximum absolute atomic E-state index is 11.7. The summed E-state index contributed by atoms with van der Waals surface area (Å²) >= 11 is 0. The van der Waals surface area contributed by atoms with Crippen LogP contribution < -0.4 is 5.43 Å². The summed E-state index contributed by atoms with van der Waals surface area (Å²) in [6, 6.07) is 12.5. The molecule has 0 aliphatic carbocycles. The molecule has 2 N–H and O–H groups in total. The van der Waals surface area contributed by atoms with Crippen molar-refractivity contribution in [3.63, 3.8) is 0 Å². The molecule has 1 atom stereocenters. The Morgan fingerprint density at radius 2 is 2.05 bits per heavy atom. The second kappa shape index (κ2) is 5.97. The summed E-state index contributed by atoms with van der Waals surface area (Å²) in [5.74, 6) is -0.559. The Kier molecular flexibility index (Phi) is 4.10. The Balaban J connectivity index is 1.95. The average molecular weight is 257 g/mol. The highest BCUT2D eigenvalue weighted by atomic mass is 16.3. The fourth-order valence-corrected chi connectivity index (χ4v) is 1.62. The number of rotatable bonds is 4. The molecule has 1 amide bonds. The van der Waals surface area contributed by atoms with E-state index in [4.69, 9.17) is 0 Å². The minimum atomic E-state index is -1.22. The smallest absolute Gasteiger partial charge is 0.273 e. The largest absolute Gasteiger partial charge is 0.378 e. The summed E-state index contributed by atoms with van der Waals surface area (Å²) in [5, 5.41) is 13.6. The van der Waals surface area contributed by atoms with Gasteiger partial charge in [-0.3, -0.25) is 4.79 Å². The first-order valence-corrected chi connectivity index (χ1v) is 5.86. The number of aliphatic hydroxyl groups is 1. The summed E-state index contributed by atoms with van der Waals surface area (Å²) in [6.07, 6.45) is 2.18. The highest BCUT2D eigenvalue weighted by Crippen LogP contribution is 2.11. The standard InChI is InChI=1S/C14H15N3O2/c1-17-9-5-8-12(17)10-15-16-14(19)13(18)11-6-3-2-4-7-11/h2-10,13,18H,1H3,(H,16,19)/b15-10-/t13-/m1/s1. The molecule has 0 bridgehead atoms. The van der Waals surface area contributed by atoms with Crippen molar-refractivity contribution in [1.82, 2.24) is 9.99 Å². The van der Waals surface area contributed by atoms with Crippen molar-refractivity contribution in [3.8, 4) is 0 Å². The zero-order valence-electron chi connectivity index (χ0n) is 10.5. The number of nitrogens with one attached hydrogen (secondary N) is 1. The number of hydrogen-bond acceptors (Lipinski definition) is 3. The van der Waals surface area contributed by atoms with Crippen LogP contribution in [0, 0.1) is 0 Å². The predicted molar refractivity (Wildman–Crippen MR) is 72.6 cm³/mol. The molecule has 0 fully saturated rings. The van der Waals surface area contributed by atoms with Gasteiger partial charge in [0.25, 0.3) is 5.91 Å². The molecule has 0 unspecified atom stereocenters. The summed E-state index contributed by atoms with van der Waals surface area (Å²) in [4.78, 5) is 11.7. The zero-order valence-corrected chi connectivity index (χ0v) is 10.5. The van der Waals surface area contributed by atoms with E-state index >= 15 is 0 Å². The van der Waals surface area contributed by atoms with Crippen molar-refractivity contribution in [2.45, 2.75) is 6.10 Å². The molecule has 1 heterocycles. The lowest BCUT2D eigenvalue weighted by molar-refractivity contribution is -0.129. The van der Waals surface area contributed by atoms with Gasteiger partial charge in [0.05, 0.1) is 11.9 Å². The number of aliphatic hydroxyl groups excluding tert-OH is 1. The van der Waals surface area contributed by atoms with Crippen LogP contribution in [-0.2, 0) is 11.8 Å². The molecule has 0 aliphatic rings. The van der Waals surface area contributed by atoms with Crippen LogP contribution in [0.3, 0.4) is 0 Å². The number of hydrogen-bond donors (Lipinski definition) is 2. The average Bonchev–Trinajstić information content (AvgIpc) is 2.84. The molecule has 19 heavy (non-hydrogen) atoms. The third-order valence-corrected chi connectivity index (χ3v) is 2.72. The molecule has 0 aliphatic heterocycles. The van der Waals surface area contributed by atoms with Gasteiger partial charge in [-0.2, -0.15) is 5.10 Å².